The van der Waals surface area contributed by atoms with E-state index in [0.29, 0.717) is 39.3 Å². The third kappa shape index (κ3) is 11.4. The highest BCUT2D eigenvalue weighted by molar-refractivity contribution is 6.23. The maximum absolute atomic E-state index is 12.6. The highest BCUT2D eigenvalue weighted by Gasteiger charge is 2.23. The van der Waals surface area contributed by atoms with Crippen LogP contribution in [-0.4, -0.2) is 23.6 Å². The fraction of sp³-hybridized carbons (Fsp3) is 0.588. The molecule has 0 aliphatic carbocycles. The van der Waals surface area contributed by atoms with Gasteiger partial charge in [0.15, 0.2) is 23.6 Å². The van der Waals surface area contributed by atoms with Crippen LogP contribution in [0, 0.1) is 17.8 Å². The first-order valence-corrected chi connectivity index (χ1v) is 14.6. The quantitative estimate of drug-likeness (QED) is 0.228. The van der Waals surface area contributed by atoms with E-state index < -0.39 is 0 Å². The van der Waals surface area contributed by atoms with Crippen molar-refractivity contribution >= 4 is 34.4 Å². The third-order valence-electron chi connectivity index (χ3n) is 6.90. The van der Waals surface area contributed by atoms with Crippen LogP contribution in [-0.2, 0) is 0 Å². The second kappa shape index (κ2) is 20.4. The highest BCUT2D eigenvalue weighted by Crippen LogP contribution is 2.31. The zero-order chi connectivity index (χ0) is 30.0. The van der Waals surface area contributed by atoms with Gasteiger partial charge in [-0.05, 0) is 18.8 Å². The number of carbonyl (C=O) groups is 4. The van der Waals surface area contributed by atoms with E-state index in [4.69, 9.17) is 0 Å². The molecule has 0 N–H and O–H groups in total. The molecule has 0 bridgehead atoms. The van der Waals surface area contributed by atoms with Gasteiger partial charge in [-0.3, -0.25) is 19.2 Å². The molecule has 38 heavy (non-hydrogen) atoms. The number of benzene rings is 2. The van der Waals surface area contributed by atoms with Gasteiger partial charge < -0.3 is 0 Å². The summed E-state index contributed by atoms with van der Waals surface area (Å²) in [6.45, 7) is 24.2. The van der Waals surface area contributed by atoms with Crippen molar-refractivity contribution in [3.8, 4) is 0 Å². The van der Waals surface area contributed by atoms with Crippen LogP contribution >= 0.6 is 0 Å². The van der Waals surface area contributed by atoms with E-state index in [1.54, 1.807) is 39.0 Å². The van der Waals surface area contributed by atoms with Crippen LogP contribution in [0.15, 0.2) is 24.3 Å². The molecule has 2 rings (SSSR count). The van der Waals surface area contributed by atoms with Crippen LogP contribution in [0.3, 0.4) is 0 Å². The van der Waals surface area contributed by atoms with Crippen LogP contribution in [0.5, 0.6) is 0 Å². The van der Waals surface area contributed by atoms with E-state index in [-0.39, 0.29) is 29.7 Å². The summed E-state index contributed by atoms with van der Waals surface area (Å²) < 4.78 is 0. The second-order valence-corrected chi connectivity index (χ2v) is 9.93. The molecule has 0 unspecified atom stereocenters. The number of fused-ring (bicyclic) bond motifs is 1. The van der Waals surface area contributed by atoms with Gasteiger partial charge in [-0.2, -0.15) is 0 Å². The molecule has 4 nitrogen and oxygen atoms in total. The average Bonchev–Trinajstić information content (AvgIpc) is 2.95. The number of aldehydes is 1. The lowest BCUT2D eigenvalue weighted by Gasteiger charge is -2.15. The normalized spacial score (nSPS) is 10.2. The summed E-state index contributed by atoms with van der Waals surface area (Å²) in [7, 11) is 0. The number of rotatable bonds is 10. The lowest BCUT2D eigenvalue weighted by atomic mass is 9.86. The Kier molecular flexibility index (Phi) is 20.1. The molecular weight excluding hydrogens is 472 g/mol. The lowest BCUT2D eigenvalue weighted by Crippen LogP contribution is -2.12. The first-order chi connectivity index (χ1) is 17.9. The maximum Gasteiger partial charge on any atom is 0.166 e. The zero-order valence-corrected chi connectivity index (χ0v) is 26.3. The van der Waals surface area contributed by atoms with Crippen LogP contribution in [0.1, 0.15) is 157 Å². The zero-order valence-electron chi connectivity index (χ0n) is 26.3. The van der Waals surface area contributed by atoms with Gasteiger partial charge in [0.1, 0.15) is 0 Å². The molecule has 2 aromatic rings. The summed E-state index contributed by atoms with van der Waals surface area (Å²) in [5.74, 6) is 1.14. The summed E-state index contributed by atoms with van der Waals surface area (Å²) in [5.41, 5.74) is 1.41. The Hall–Kier alpha value is -2.62. The monoisotopic (exact) mass is 526 g/mol. The number of Topliss-reactive ketones (excluding diaryl/α,β-unsaturated/α-hetero) is 3. The topological polar surface area (TPSA) is 68.3 Å². The summed E-state index contributed by atoms with van der Waals surface area (Å²) in [4.78, 5) is 48.5. The van der Waals surface area contributed by atoms with E-state index in [0.717, 1.165) is 11.8 Å². The molecule has 0 aromatic heterocycles. The molecule has 0 saturated carbocycles. The summed E-state index contributed by atoms with van der Waals surface area (Å²) in [5, 5.41) is 0.807. The van der Waals surface area contributed by atoms with Crippen molar-refractivity contribution in [1.82, 2.24) is 0 Å². The van der Waals surface area contributed by atoms with E-state index in [9.17, 15) is 19.2 Å². The number of hydrogen-bond donors (Lipinski definition) is 0. The molecule has 0 amide bonds. The van der Waals surface area contributed by atoms with Crippen molar-refractivity contribution < 1.29 is 19.2 Å². The molecule has 0 spiro atoms. The van der Waals surface area contributed by atoms with E-state index in [1.807, 2.05) is 13.8 Å². The average molecular weight is 527 g/mol. The molecule has 0 atom stereocenters. The number of hydrogen-bond acceptors (Lipinski definition) is 4. The Labute approximate surface area is 233 Å². The molecule has 0 aliphatic heterocycles. The molecule has 4 heteroatoms. The molecule has 0 radical (unpaired) electrons. The molecule has 2 aromatic carbocycles. The molecule has 0 heterocycles. The van der Waals surface area contributed by atoms with Crippen molar-refractivity contribution in [1.29, 1.82) is 0 Å². The largest absolute Gasteiger partial charge is 0.298 e. The van der Waals surface area contributed by atoms with Crippen molar-refractivity contribution in [2.75, 3.05) is 0 Å². The molecule has 0 fully saturated rings. The van der Waals surface area contributed by atoms with Gasteiger partial charge in [-0.15, -0.1) is 0 Å². The van der Waals surface area contributed by atoms with Gasteiger partial charge in [0.05, 0.1) is 0 Å². The summed E-state index contributed by atoms with van der Waals surface area (Å²) in [6, 6.07) is 6.25. The van der Waals surface area contributed by atoms with Crippen molar-refractivity contribution in [2.45, 2.75) is 115 Å². The van der Waals surface area contributed by atoms with Gasteiger partial charge in [0, 0.05) is 45.4 Å². The molecule has 0 aliphatic rings. The minimum absolute atomic E-state index is 0.124. The standard InChI is InChI=1S/C20H20O4.2C6H14.C2H6/c1-5-17(23)15-8-9-16(20(24)11(2)3)19-14(12(4)22)7-6-13(10-21)18(15)19;2*1-4-6(3)5-2;1-2/h6-11H,5H2,1-4H3;2*6H,4-5H2,1-3H3;1-2H3. The molecular formula is C34H54O4. The number of carbonyl (C=O) groups excluding carboxylic acids is 4. The van der Waals surface area contributed by atoms with Gasteiger partial charge in [-0.25, -0.2) is 0 Å². The van der Waals surface area contributed by atoms with Crippen LogP contribution in [0.2, 0.25) is 0 Å². The van der Waals surface area contributed by atoms with Crippen LogP contribution < -0.4 is 0 Å². The Bertz CT molecular complexity index is 999. The SMILES string of the molecule is CC.CCC(=O)c1ccc(C(=O)C(C)C)c2c(C(C)=O)ccc(C=O)c12.CCC(C)CC.CCC(C)CC. The van der Waals surface area contributed by atoms with Gasteiger partial charge in [0.2, 0.25) is 0 Å². The third-order valence-corrected chi connectivity index (χ3v) is 6.90. The van der Waals surface area contributed by atoms with Gasteiger partial charge in [-0.1, -0.05) is 126 Å². The van der Waals surface area contributed by atoms with Gasteiger partial charge in [0.25, 0.3) is 0 Å². The van der Waals surface area contributed by atoms with Crippen LogP contribution in [0.4, 0.5) is 0 Å². The minimum Gasteiger partial charge on any atom is -0.298 e. The first-order valence-electron chi connectivity index (χ1n) is 14.6. The Balaban J connectivity index is 0. The Morgan fingerprint density at radius 1 is 0.684 bits per heavy atom. The smallest absolute Gasteiger partial charge is 0.166 e. The predicted molar refractivity (Wildman–Crippen MR) is 164 cm³/mol. The first kappa shape index (κ1) is 37.5. The van der Waals surface area contributed by atoms with E-state index in [1.165, 1.54) is 38.7 Å². The van der Waals surface area contributed by atoms with Gasteiger partial charge >= 0.3 is 0 Å². The Morgan fingerprint density at radius 2 is 1.11 bits per heavy atom. The maximum atomic E-state index is 12.6. The predicted octanol–water partition coefficient (Wildman–Crippen LogP) is 10.2. The second-order valence-electron chi connectivity index (χ2n) is 9.93. The summed E-state index contributed by atoms with van der Waals surface area (Å²) >= 11 is 0. The Morgan fingerprint density at radius 3 is 1.42 bits per heavy atom. The fourth-order valence-electron chi connectivity index (χ4n) is 3.43. The van der Waals surface area contributed by atoms with E-state index >= 15 is 0 Å². The molecule has 0 saturated heterocycles. The fourth-order valence-corrected chi connectivity index (χ4v) is 3.43. The summed E-state index contributed by atoms with van der Waals surface area (Å²) in [6.07, 6.45) is 6.25. The van der Waals surface area contributed by atoms with Crippen LogP contribution in [0.25, 0.3) is 10.8 Å². The lowest BCUT2D eigenvalue weighted by molar-refractivity contribution is 0.0938. The minimum atomic E-state index is -0.263. The molecule has 214 valence electrons. The highest BCUT2D eigenvalue weighted by atomic mass is 16.1. The number of ketones is 3. The van der Waals surface area contributed by atoms with Crippen molar-refractivity contribution in [3.63, 3.8) is 0 Å². The van der Waals surface area contributed by atoms with E-state index in [2.05, 4.69) is 41.5 Å². The van der Waals surface area contributed by atoms with Crippen molar-refractivity contribution in [2.24, 2.45) is 17.8 Å². The van der Waals surface area contributed by atoms with Crippen molar-refractivity contribution in [3.05, 3.63) is 46.5 Å².